The number of carbonyl (C=O) groups excluding carboxylic acids is 2. The van der Waals surface area contributed by atoms with Crippen molar-refractivity contribution in [3.63, 3.8) is 0 Å². The third-order valence-electron chi connectivity index (χ3n) is 5.82. The lowest BCUT2D eigenvalue weighted by molar-refractivity contribution is -0.242. The molecule has 16 heteroatoms. The first-order valence-electron chi connectivity index (χ1n) is 11.6. The molecular weight excluding hydrogens is 562 g/mol. The van der Waals surface area contributed by atoms with Gasteiger partial charge in [-0.25, -0.2) is 17.6 Å². The number of halogens is 4. The van der Waals surface area contributed by atoms with Crippen LogP contribution in [0.1, 0.15) is 24.2 Å². The second-order valence-corrected chi connectivity index (χ2v) is 11.0. The molecule has 2 heterocycles. The zero-order valence-corrected chi connectivity index (χ0v) is 21.8. The molecule has 3 aromatic rings. The van der Waals surface area contributed by atoms with E-state index >= 15 is 0 Å². The first-order chi connectivity index (χ1) is 18.7. The summed E-state index contributed by atoms with van der Waals surface area (Å²) in [5.74, 6) is -1.11. The highest BCUT2D eigenvalue weighted by Gasteiger charge is 2.51. The van der Waals surface area contributed by atoms with E-state index in [0.29, 0.717) is 13.8 Å². The van der Waals surface area contributed by atoms with Crippen LogP contribution in [-0.2, 0) is 14.8 Å². The monoisotopic (exact) mass is 585 g/mol. The fourth-order valence-corrected chi connectivity index (χ4v) is 5.07. The third kappa shape index (κ3) is 6.11. The number of fused-ring (bicyclic) bond motifs is 1. The van der Waals surface area contributed by atoms with E-state index in [1.54, 1.807) is 0 Å². The molecule has 0 saturated heterocycles. The van der Waals surface area contributed by atoms with E-state index in [-0.39, 0.29) is 40.7 Å². The average molecular weight is 586 g/mol. The quantitative estimate of drug-likeness (QED) is 0.358. The summed E-state index contributed by atoms with van der Waals surface area (Å²) < 4.78 is 91.3. The van der Waals surface area contributed by atoms with Crippen LogP contribution in [0.15, 0.2) is 59.8 Å². The van der Waals surface area contributed by atoms with Gasteiger partial charge in [-0.2, -0.15) is 18.3 Å². The van der Waals surface area contributed by atoms with Crippen molar-refractivity contribution >= 4 is 33.4 Å². The van der Waals surface area contributed by atoms with Gasteiger partial charge >= 0.3 is 12.3 Å². The molecule has 0 radical (unpaired) electrons. The normalized spacial score (nSPS) is 15.6. The van der Waals surface area contributed by atoms with Gasteiger partial charge in [-0.1, -0.05) is 0 Å². The Morgan fingerprint density at radius 2 is 1.88 bits per heavy atom. The highest BCUT2D eigenvalue weighted by Crippen LogP contribution is 2.39. The summed E-state index contributed by atoms with van der Waals surface area (Å²) in [6.45, 7) is 0.927. The molecule has 1 aliphatic heterocycles. The van der Waals surface area contributed by atoms with Crippen LogP contribution < -0.4 is 19.7 Å². The van der Waals surface area contributed by atoms with E-state index in [1.807, 2.05) is 0 Å². The number of benzene rings is 2. The number of H-pyrrole nitrogens is 1. The van der Waals surface area contributed by atoms with Crippen LogP contribution >= 0.6 is 0 Å². The molecule has 0 bridgehead atoms. The van der Waals surface area contributed by atoms with Gasteiger partial charge in [-0.3, -0.25) is 19.5 Å². The van der Waals surface area contributed by atoms with Crippen LogP contribution in [0.4, 0.5) is 33.7 Å². The number of aromatic amines is 1. The number of anilines is 2. The van der Waals surface area contributed by atoms with Gasteiger partial charge in [0, 0.05) is 11.9 Å². The first-order valence-corrected chi connectivity index (χ1v) is 13.0. The van der Waals surface area contributed by atoms with Gasteiger partial charge in [0.1, 0.15) is 17.7 Å². The van der Waals surface area contributed by atoms with Crippen LogP contribution in [0, 0.1) is 5.82 Å². The molecule has 3 N–H and O–H groups in total. The standard InChI is InChI=1S/C24H23F4N5O6S/c1-23(2,24(26,27)28)39-22(35)32-16-5-8-20-19(9-16)33(40(36,37)18-6-3-15(25)4-7-18)13-17(38-20)12-29-21(34)14-10-30-31-11-14/h3-11,17H,12-13H2,1-2H3,(H,29,34)(H,30,31)(H,32,35)/t17-/m0/s1. The van der Waals surface area contributed by atoms with Gasteiger partial charge in [0.05, 0.1) is 35.4 Å². The van der Waals surface area contributed by atoms with E-state index in [9.17, 15) is 35.6 Å². The topological polar surface area (TPSA) is 143 Å². The maximum Gasteiger partial charge on any atom is 0.427 e. The Bertz CT molecular complexity index is 1490. The second kappa shape index (κ2) is 10.7. The summed E-state index contributed by atoms with van der Waals surface area (Å²) in [4.78, 5) is 24.3. The zero-order chi connectivity index (χ0) is 29.3. The lowest BCUT2D eigenvalue weighted by atomic mass is 10.1. The number of rotatable bonds is 7. The number of aromatic nitrogens is 2. The molecule has 0 fully saturated rings. The highest BCUT2D eigenvalue weighted by molar-refractivity contribution is 7.92. The minimum absolute atomic E-state index is 0.0361. The van der Waals surface area contributed by atoms with Crippen molar-refractivity contribution in [2.75, 3.05) is 22.7 Å². The van der Waals surface area contributed by atoms with Gasteiger partial charge in [0.15, 0.2) is 0 Å². The van der Waals surface area contributed by atoms with Gasteiger partial charge in [-0.15, -0.1) is 0 Å². The minimum atomic E-state index is -4.84. The molecule has 2 amide bonds. The Morgan fingerprint density at radius 3 is 2.50 bits per heavy atom. The van der Waals surface area contributed by atoms with E-state index in [1.165, 1.54) is 30.6 Å². The summed E-state index contributed by atoms with van der Waals surface area (Å²) in [5, 5.41) is 11.0. The lowest BCUT2D eigenvalue weighted by Crippen LogP contribution is -2.48. The van der Waals surface area contributed by atoms with Gasteiger partial charge in [-0.05, 0) is 56.3 Å². The molecule has 1 atom stereocenters. The van der Waals surface area contributed by atoms with Crippen LogP contribution in [0.5, 0.6) is 5.75 Å². The Hall–Kier alpha value is -4.34. The van der Waals surface area contributed by atoms with Gasteiger partial charge in [0.2, 0.25) is 5.60 Å². The summed E-state index contributed by atoms with van der Waals surface area (Å²) in [6, 6.07) is 7.81. The van der Waals surface area contributed by atoms with Crippen molar-refractivity contribution in [2.24, 2.45) is 0 Å². The van der Waals surface area contributed by atoms with Gasteiger partial charge in [0.25, 0.3) is 15.9 Å². The van der Waals surface area contributed by atoms with Crippen LogP contribution in [0.25, 0.3) is 0 Å². The predicted octanol–water partition coefficient (Wildman–Crippen LogP) is 3.82. The Balaban J connectivity index is 1.62. The predicted molar refractivity (Wildman–Crippen MR) is 133 cm³/mol. The number of nitrogens with zero attached hydrogens (tertiary/aromatic N) is 2. The Labute approximate surface area is 225 Å². The largest absolute Gasteiger partial charge is 0.484 e. The maximum atomic E-state index is 13.6. The number of carbonyl (C=O) groups is 2. The van der Waals surface area contributed by atoms with Crippen molar-refractivity contribution in [1.29, 1.82) is 0 Å². The summed E-state index contributed by atoms with van der Waals surface area (Å²) >= 11 is 0. The average Bonchev–Trinajstić information content (AvgIpc) is 3.41. The van der Waals surface area contributed by atoms with Crippen LogP contribution in [0.2, 0.25) is 0 Å². The van der Waals surface area contributed by atoms with E-state index in [2.05, 4.69) is 25.6 Å². The number of nitrogens with one attached hydrogen (secondary N) is 3. The molecular formula is C24H23F4N5O6S. The lowest BCUT2D eigenvalue weighted by Gasteiger charge is -2.36. The fourth-order valence-electron chi connectivity index (χ4n) is 3.57. The molecule has 1 aromatic heterocycles. The number of ether oxygens (including phenoxy) is 2. The maximum absolute atomic E-state index is 13.6. The highest BCUT2D eigenvalue weighted by atomic mass is 32.2. The summed E-state index contributed by atoms with van der Waals surface area (Å²) in [6.07, 6.45) is -4.47. The smallest absolute Gasteiger partial charge is 0.427 e. The molecule has 0 unspecified atom stereocenters. The Morgan fingerprint density at radius 1 is 1.18 bits per heavy atom. The summed E-state index contributed by atoms with van der Waals surface area (Å²) in [5.41, 5.74) is -2.70. The van der Waals surface area contributed by atoms with Crippen molar-refractivity contribution in [3.8, 4) is 5.75 Å². The number of amides is 2. The van der Waals surface area contributed by atoms with E-state index in [4.69, 9.17) is 4.74 Å². The zero-order valence-electron chi connectivity index (χ0n) is 21.0. The SMILES string of the molecule is CC(C)(OC(=O)Nc1ccc2c(c1)N(S(=O)(=O)c1ccc(F)cc1)C[C@H](CNC(=O)c1cn[nH]c1)O2)C(F)(F)F. The molecule has 40 heavy (non-hydrogen) atoms. The number of hydrogen-bond acceptors (Lipinski definition) is 7. The molecule has 0 saturated carbocycles. The van der Waals surface area contributed by atoms with Gasteiger partial charge < -0.3 is 14.8 Å². The number of hydrogen-bond donors (Lipinski definition) is 3. The Kier molecular flexibility index (Phi) is 7.65. The van der Waals surface area contributed by atoms with Crippen molar-refractivity contribution in [1.82, 2.24) is 15.5 Å². The molecule has 214 valence electrons. The van der Waals surface area contributed by atoms with E-state index < -0.39 is 45.7 Å². The molecule has 11 nitrogen and oxygen atoms in total. The molecule has 0 aliphatic carbocycles. The summed E-state index contributed by atoms with van der Waals surface area (Å²) in [7, 11) is -4.33. The first kappa shape index (κ1) is 28.7. The molecule has 1 aliphatic rings. The second-order valence-electron chi connectivity index (χ2n) is 9.13. The van der Waals surface area contributed by atoms with Crippen molar-refractivity contribution in [3.05, 3.63) is 66.2 Å². The molecule has 2 aromatic carbocycles. The number of alkyl halides is 3. The van der Waals surface area contributed by atoms with Crippen LogP contribution in [-0.4, -0.2) is 61.6 Å². The van der Waals surface area contributed by atoms with Crippen molar-refractivity contribution in [2.45, 2.75) is 36.6 Å². The van der Waals surface area contributed by atoms with Crippen LogP contribution in [0.3, 0.4) is 0 Å². The van der Waals surface area contributed by atoms with E-state index in [0.717, 1.165) is 28.6 Å². The fraction of sp³-hybridized carbons (Fsp3) is 0.292. The third-order valence-corrected chi connectivity index (χ3v) is 7.61. The molecule has 0 spiro atoms. The molecule has 4 rings (SSSR count). The van der Waals surface area contributed by atoms with Crippen molar-refractivity contribution < 1.29 is 45.0 Å². The number of sulfonamides is 1. The minimum Gasteiger partial charge on any atom is -0.484 e.